The summed E-state index contributed by atoms with van der Waals surface area (Å²) in [5.74, 6) is 2.03. The third-order valence-corrected chi connectivity index (χ3v) is 14.0. The molecule has 4 heterocycles. The molecule has 1 aliphatic carbocycles. The van der Waals surface area contributed by atoms with Crippen molar-refractivity contribution in [3.8, 4) is 62.1 Å². The molecule has 0 saturated heterocycles. The Morgan fingerprint density at radius 1 is 0.377 bits per heavy atom. The van der Waals surface area contributed by atoms with E-state index in [1.54, 1.807) is 0 Å². The Bertz CT molecular complexity index is 4010. The molecule has 324 valence electrons. The van der Waals surface area contributed by atoms with Crippen LogP contribution in [0.15, 0.2) is 241 Å². The van der Waals surface area contributed by atoms with Gasteiger partial charge in [0, 0.05) is 61.1 Å². The number of benzene rings is 9. The summed E-state index contributed by atoms with van der Waals surface area (Å²) in [6, 6.07) is 75.3. The van der Waals surface area contributed by atoms with Crippen LogP contribution in [0.2, 0.25) is 0 Å². The third kappa shape index (κ3) is 6.45. The van der Waals surface area contributed by atoms with Crippen molar-refractivity contribution in [3.05, 3.63) is 242 Å². The predicted octanol–water partition coefficient (Wildman–Crippen LogP) is 15.9. The quantitative estimate of drug-likeness (QED) is 0.160. The van der Waals surface area contributed by atoms with E-state index < -0.39 is 0 Å². The SMILES string of the molecule is C1=CC2c3ccccc3N(c3cc(-c4nc(-c5ccccc5)nc(-c5cccc(-n6c7ccccc7c7ccccc76)c5)n4)ccc3-c3cccc(-c4ccc5oc6ccccc6c5c4)c3)C2C=C1. The minimum Gasteiger partial charge on any atom is -0.456 e. The van der Waals surface area contributed by atoms with Gasteiger partial charge < -0.3 is 13.9 Å². The van der Waals surface area contributed by atoms with Gasteiger partial charge >= 0.3 is 0 Å². The first-order valence-electron chi connectivity index (χ1n) is 23.5. The first-order chi connectivity index (χ1) is 34.2. The van der Waals surface area contributed by atoms with E-state index in [0.29, 0.717) is 17.5 Å². The monoisotopic (exact) mass is 883 g/mol. The average molecular weight is 884 g/mol. The lowest BCUT2D eigenvalue weighted by Gasteiger charge is -2.31. The summed E-state index contributed by atoms with van der Waals surface area (Å²) < 4.78 is 8.55. The normalized spacial score (nSPS) is 15.1. The van der Waals surface area contributed by atoms with Gasteiger partial charge in [0.25, 0.3) is 0 Å². The molecule has 1 aliphatic heterocycles. The number of anilines is 2. The number of para-hydroxylation sites is 4. The molecule has 2 unspecified atom stereocenters. The fraction of sp³-hybridized carbons (Fsp3) is 0.0317. The molecular formula is C63H41N5O. The number of hydrogen-bond acceptors (Lipinski definition) is 5. The molecular weight excluding hydrogens is 843 g/mol. The molecule has 69 heavy (non-hydrogen) atoms. The highest BCUT2D eigenvalue weighted by Crippen LogP contribution is 2.51. The lowest BCUT2D eigenvalue weighted by Crippen LogP contribution is -2.29. The van der Waals surface area contributed by atoms with Gasteiger partial charge in [0.15, 0.2) is 17.5 Å². The zero-order valence-corrected chi connectivity index (χ0v) is 37.3. The van der Waals surface area contributed by atoms with E-state index in [1.807, 2.05) is 30.3 Å². The van der Waals surface area contributed by atoms with Crippen molar-refractivity contribution >= 4 is 55.1 Å². The Morgan fingerprint density at radius 2 is 0.971 bits per heavy atom. The summed E-state index contributed by atoms with van der Waals surface area (Å²) in [7, 11) is 0. The van der Waals surface area contributed by atoms with Gasteiger partial charge in [-0.1, -0.05) is 176 Å². The molecule has 6 nitrogen and oxygen atoms in total. The van der Waals surface area contributed by atoms with Gasteiger partial charge in [-0.3, -0.25) is 0 Å². The van der Waals surface area contributed by atoms with Crippen molar-refractivity contribution in [2.45, 2.75) is 12.0 Å². The van der Waals surface area contributed by atoms with Crippen LogP contribution >= 0.6 is 0 Å². The molecule has 2 atom stereocenters. The summed E-state index contributed by atoms with van der Waals surface area (Å²) in [5.41, 5.74) is 15.9. The number of hydrogen-bond donors (Lipinski definition) is 0. The lowest BCUT2D eigenvalue weighted by molar-refractivity contribution is 0.669. The second kappa shape index (κ2) is 15.8. The zero-order chi connectivity index (χ0) is 45.4. The third-order valence-electron chi connectivity index (χ3n) is 14.0. The minimum absolute atomic E-state index is 0.0822. The number of allylic oxidation sites excluding steroid dienone is 2. The van der Waals surface area contributed by atoms with E-state index in [9.17, 15) is 0 Å². The fourth-order valence-corrected chi connectivity index (χ4v) is 10.8. The van der Waals surface area contributed by atoms with Crippen LogP contribution in [0.1, 0.15) is 11.5 Å². The Labute approximate surface area is 398 Å². The van der Waals surface area contributed by atoms with Crippen LogP contribution < -0.4 is 4.90 Å². The van der Waals surface area contributed by atoms with Gasteiger partial charge in [-0.25, -0.2) is 15.0 Å². The number of rotatable bonds is 7. The Morgan fingerprint density at radius 3 is 1.80 bits per heavy atom. The average Bonchev–Trinajstić information content (AvgIpc) is 4.08. The standard InChI is InChI=1S/C63H41N5O/c1-2-16-40(17-3-1)61-64-62(44-20-15-21-46(37-44)67-54-27-9-4-22-48(54)49-23-5-10-28-55(49)67)66-63(65-61)45-32-34-47(58(39-45)68-56-29-11-6-24-50(56)51-25-7-12-30-57(51)68)43-19-14-18-41(36-43)42-33-35-60-53(38-42)52-26-8-13-31-59(52)69-60/h1-39,50,56H. The Balaban J connectivity index is 0.945. The van der Waals surface area contributed by atoms with E-state index in [0.717, 1.165) is 83.3 Å². The zero-order valence-electron chi connectivity index (χ0n) is 37.3. The largest absolute Gasteiger partial charge is 0.456 e. The van der Waals surface area contributed by atoms with Crippen molar-refractivity contribution in [2.24, 2.45) is 0 Å². The molecule has 14 rings (SSSR count). The van der Waals surface area contributed by atoms with Crippen LogP contribution in [-0.2, 0) is 0 Å². The Hall–Kier alpha value is -9.13. The van der Waals surface area contributed by atoms with Crippen LogP contribution in [0.3, 0.4) is 0 Å². The highest BCUT2D eigenvalue weighted by molar-refractivity contribution is 6.09. The molecule has 12 aromatic rings. The fourth-order valence-electron chi connectivity index (χ4n) is 10.8. The van der Waals surface area contributed by atoms with Gasteiger partial charge in [0.05, 0.1) is 22.8 Å². The van der Waals surface area contributed by atoms with Crippen molar-refractivity contribution in [3.63, 3.8) is 0 Å². The molecule has 0 fully saturated rings. The summed E-state index contributed by atoms with van der Waals surface area (Å²) in [4.78, 5) is 18.3. The number of fused-ring (bicyclic) bond motifs is 9. The van der Waals surface area contributed by atoms with Gasteiger partial charge in [-0.2, -0.15) is 0 Å². The molecule has 6 heteroatoms. The number of nitrogens with zero attached hydrogens (tertiary/aromatic N) is 5. The summed E-state index contributed by atoms with van der Waals surface area (Å²) in [6.07, 6.45) is 9.02. The molecule has 0 saturated carbocycles. The van der Waals surface area contributed by atoms with Crippen molar-refractivity contribution < 1.29 is 4.42 Å². The smallest absolute Gasteiger partial charge is 0.164 e. The van der Waals surface area contributed by atoms with Crippen LogP contribution in [0.25, 0.3) is 106 Å². The van der Waals surface area contributed by atoms with E-state index >= 15 is 0 Å². The molecule has 0 bridgehead atoms. The lowest BCUT2D eigenvalue weighted by atomic mass is 9.91. The number of aromatic nitrogens is 4. The topological polar surface area (TPSA) is 60.0 Å². The van der Waals surface area contributed by atoms with Gasteiger partial charge in [0.2, 0.25) is 0 Å². The maximum absolute atomic E-state index is 6.21. The minimum atomic E-state index is 0.0822. The second-order valence-corrected chi connectivity index (χ2v) is 17.9. The maximum atomic E-state index is 6.21. The molecule has 2 aliphatic rings. The second-order valence-electron chi connectivity index (χ2n) is 17.9. The van der Waals surface area contributed by atoms with Crippen LogP contribution in [0.4, 0.5) is 11.4 Å². The molecule has 0 radical (unpaired) electrons. The highest BCUT2D eigenvalue weighted by Gasteiger charge is 2.38. The maximum Gasteiger partial charge on any atom is 0.164 e. The first-order valence-corrected chi connectivity index (χ1v) is 23.5. The Kier molecular flexibility index (Phi) is 8.92. The highest BCUT2D eigenvalue weighted by atomic mass is 16.3. The van der Waals surface area contributed by atoms with E-state index in [4.69, 9.17) is 19.4 Å². The van der Waals surface area contributed by atoms with Gasteiger partial charge in [-0.05, 0) is 82.9 Å². The summed E-state index contributed by atoms with van der Waals surface area (Å²) >= 11 is 0. The van der Waals surface area contributed by atoms with Gasteiger partial charge in [-0.15, -0.1) is 0 Å². The molecule has 0 spiro atoms. The van der Waals surface area contributed by atoms with E-state index in [2.05, 4.69) is 216 Å². The molecule has 9 aromatic carbocycles. The van der Waals surface area contributed by atoms with Crippen molar-refractivity contribution in [1.29, 1.82) is 0 Å². The van der Waals surface area contributed by atoms with E-state index in [1.165, 1.54) is 22.0 Å². The van der Waals surface area contributed by atoms with Crippen molar-refractivity contribution in [2.75, 3.05) is 4.90 Å². The number of furan rings is 1. The molecule has 0 amide bonds. The molecule has 3 aromatic heterocycles. The van der Waals surface area contributed by atoms with Crippen molar-refractivity contribution in [1.82, 2.24) is 19.5 Å². The van der Waals surface area contributed by atoms with Crippen LogP contribution in [0.5, 0.6) is 0 Å². The van der Waals surface area contributed by atoms with Crippen LogP contribution in [0, 0.1) is 0 Å². The van der Waals surface area contributed by atoms with Crippen LogP contribution in [-0.4, -0.2) is 25.6 Å². The predicted molar refractivity (Wildman–Crippen MR) is 282 cm³/mol. The molecule has 0 N–H and O–H groups in total. The van der Waals surface area contributed by atoms with Gasteiger partial charge in [0.1, 0.15) is 11.2 Å². The first kappa shape index (κ1) is 39.1. The van der Waals surface area contributed by atoms with E-state index in [-0.39, 0.29) is 12.0 Å². The summed E-state index contributed by atoms with van der Waals surface area (Å²) in [5, 5.41) is 4.66. The summed E-state index contributed by atoms with van der Waals surface area (Å²) in [6.45, 7) is 0.